The number of anilines is 1. The zero-order valence-electron chi connectivity index (χ0n) is 6.19. The van der Waals surface area contributed by atoms with E-state index in [1.54, 1.807) is 0 Å². The van der Waals surface area contributed by atoms with Crippen molar-refractivity contribution in [2.45, 2.75) is 0 Å². The van der Waals surface area contributed by atoms with Gasteiger partial charge in [0.15, 0.2) is 0 Å². The van der Waals surface area contributed by atoms with Crippen molar-refractivity contribution < 1.29 is 0 Å². The molecule has 3 heteroatoms. The average Bonchev–Trinajstić information content (AvgIpc) is 2.04. The molecule has 0 fully saturated rings. The van der Waals surface area contributed by atoms with Gasteiger partial charge in [-0.2, -0.15) is 0 Å². The standard InChI is InChI=1S/C8H9IN2/c1-11-8-3-2-7(9)4-6(8)5-10/h2-5,10-11H,1H3. The second kappa shape index (κ2) is 3.71. The highest BCUT2D eigenvalue weighted by Crippen LogP contribution is 2.15. The van der Waals surface area contributed by atoms with Crippen LogP contribution in [-0.4, -0.2) is 13.3 Å². The van der Waals surface area contributed by atoms with E-state index in [2.05, 4.69) is 27.9 Å². The van der Waals surface area contributed by atoms with E-state index in [1.807, 2.05) is 25.2 Å². The summed E-state index contributed by atoms with van der Waals surface area (Å²) in [7, 11) is 1.86. The third kappa shape index (κ3) is 1.92. The molecule has 11 heavy (non-hydrogen) atoms. The summed E-state index contributed by atoms with van der Waals surface area (Å²) in [5, 5.41) is 10.1. The van der Waals surface area contributed by atoms with E-state index in [0.29, 0.717) is 0 Å². The van der Waals surface area contributed by atoms with E-state index < -0.39 is 0 Å². The summed E-state index contributed by atoms with van der Waals surface area (Å²) >= 11 is 2.23. The SMILES string of the molecule is CNc1ccc(I)cc1C=N. The average molecular weight is 260 g/mol. The maximum Gasteiger partial charge on any atom is 0.0427 e. The van der Waals surface area contributed by atoms with Crippen LogP contribution < -0.4 is 5.32 Å². The monoisotopic (exact) mass is 260 g/mol. The fraction of sp³-hybridized carbons (Fsp3) is 0.125. The van der Waals surface area contributed by atoms with Crippen LogP contribution in [0.1, 0.15) is 5.56 Å². The smallest absolute Gasteiger partial charge is 0.0427 e. The predicted octanol–water partition coefficient (Wildman–Crippen LogP) is 2.33. The van der Waals surface area contributed by atoms with Crippen molar-refractivity contribution in [3.8, 4) is 0 Å². The summed E-state index contributed by atoms with van der Waals surface area (Å²) in [5.74, 6) is 0. The normalized spacial score (nSPS) is 9.27. The van der Waals surface area contributed by atoms with E-state index in [-0.39, 0.29) is 0 Å². The Bertz CT molecular complexity index is 271. The van der Waals surface area contributed by atoms with E-state index >= 15 is 0 Å². The molecule has 0 aliphatic heterocycles. The van der Waals surface area contributed by atoms with Gasteiger partial charge in [-0.05, 0) is 40.8 Å². The Hall–Kier alpha value is -0.580. The largest absolute Gasteiger partial charge is 0.388 e. The lowest BCUT2D eigenvalue weighted by Crippen LogP contribution is -1.94. The number of rotatable bonds is 2. The molecule has 0 radical (unpaired) electrons. The Morgan fingerprint density at radius 1 is 1.55 bits per heavy atom. The quantitative estimate of drug-likeness (QED) is 0.621. The van der Waals surface area contributed by atoms with Gasteiger partial charge in [0.25, 0.3) is 0 Å². The molecule has 1 rings (SSSR count). The zero-order chi connectivity index (χ0) is 8.27. The summed E-state index contributed by atoms with van der Waals surface area (Å²) < 4.78 is 1.15. The summed E-state index contributed by atoms with van der Waals surface area (Å²) in [5.41, 5.74) is 1.93. The Morgan fingerprint density at radius 2 is 2.27 bits per heavy atom. The van der Waals surface area contributed by atoms with Gasteiger partial charge < -0.3 is 10.7 Å². The molecule has 2 nitrogen and oxygen atoms in total. The fourth-order valence-electron chi connectivity index (χ4n) is 0.881. The molecule has 0 unspecified atom stereocenters. The van der Waals surface area contributed by atoms with Gasteiger partial charge in [-0.15, -0.1) is 0 Å². The molecule has 0 heterocycles. The van der Waals surface area contributed by atoms with Crippen molar-refractivity contribution in [1.82, 2.24) is 0 Å². The lowest BCUT2D eigenvalue weighted by Gasteiger charge is -2.03. The molecular weight excluding hydrogens is 251 g/mol. The van der Waals surface area contributed by atoms with E-state index in [4.69, 9.17) is 5.41 Å². The van der Waals surface area contributed by atoms with E-state index in [9.17, 15) is 0 Å². The Labute approximate surface area is 79.7 Å². The van der Waals surface area contributed by atoms with Gasteiger partial charge in [0.1, 0.15) is 0 Å². The molecule has 1 aromatic rings. The first-order valence-electron chi connectivity index (χ1n) is 3.25. The fourth-order valence-corrected chi connectivity index (χ4v) is 1.40. The van der Waals surface area contributed by atoms with Gasteiger partial charge in [0.2, 0.25) is 0 Å². The molecule has 1 aromatic carbocycles. The first kappa shape index (κ1) is 8.52. The van der Waals surface area contributed by atoms with Crippen LogP contribution in [0.2, 0.25) is 0 Å². The minimum Gasteiger partial charge on any atom is -0.388 e. The Balaban J connectivity index is 3.16. The van der Waals surface area contributed by atoms with Crippen LogP contribution in [-0.2, 0) is 0 Å². The molecule has 0 aliphatic rings. The van der Waals surface area contributed by atoms with Gasteiger partial charge in [0, 0.05) is 28.1 Å². The minimum absolute atomic E-state index is 0.930. The number of nitrogens with one attached hydrogen (secondary N) is 2. The van der Waals surface area contributed by atoms with E-state index in [0.717, 1.165) is 14.8 Å². The molecule has 0 saturated heterocycles. The molecular formula is C8H9IN2. The predicted molar refractivity (Wildman–Crippen MR) is 56.6 cm³/mol. The first-order valence-corrected chi connectivity index (χ1v) is 4.33. The number of halogens is 1. The van der Waals surface area contributed by atoms with Gasteiger partial charge >= 0.3 is 0 Å². The van der Waals surface area contributed by atoms with Crippen LogP contribution in [0.25, 0.3) is 0 Å². The lowest BCUT2D eigenvalue weighted by molar-refractivity contribution is 1.46. The minimum atomic E-state index is 0.930. The summed E-state index contributed by atoms with van der Waals surface area (Å²) in [6.45, 7) is 0. The van der Waals surface area contributed by atoms with Gasteiger partial charge in [-0.3, -0.25) is 0 Å². The molecule has 0 bridgehead atoms. The van der Waals surface area contributed by atoms with Crippen molar-refractivity contribution >= 4 is 34.5 Å². The van der Waals surface area contributed by atoms with Crippen LogP contribution in [0.3, 0.4) is 0 Å². The highest BCUT2D eigenvalue weighted by atomic mass is 127. The lowest BCUT2D eigenvalue weighted by atomic mass is 10.2. The van der Waals surface area contributed by atoms with Crippen LogP contribution in [0.5, 0.6) is 0 Å². The van der Waals surface area contributed by atoms with Gasteiger partial charge in [-0.25, -0.2) is 0 Å². The van der Waals surface area contributed by atoms with Crippen molar-refractivity contribution in [2.75, 3.05) is 12.4 Å². The van der Waals surface area contributed by atoms with E-state index in [1.165, 1.54) is 6.21 Å². The maximum atomic E-state index is 7.12. The molecule has 0 atom stereocenters. The third-order valence-electron chi connectivity index (χ3n) is 1.44. The van der Waals surface area contributed by atoms with Crippen LogP contribution in [0.15, 0.2) is 18.2 Å². The van der Waals surface area contributed by atoms with Crippen molar-refractivity contribution in [3.63, 3.8) is 0 Å². The molecule has 0 aromatic heterocycles. The molecule has 0 aliphatic carbocycles. The van der Waals surface area contributed by atoms with Crippen molar-refractivity contribution in [3.05, 3.63) is 27.3 Å². The van der Waals surface area contributed by atoms with Gasteiger partial charge in [-0.1, -0.05) is 0 Å². The number of hydrogen-bond acceptors (Lipinski definition) is 2. The first-order chi connectivity index (χ1) is 5.27. The highest BCUT2D eigenvalue weighted by Gasteiger charge is 1.96. The van der Waals surface area contributed by atoms with Crippen LogP contribution >= 0.6 is 22.6 Å². The molecule has 58 valence electrons. The summed E-state index contributed by atoms with van der Waals surface area (Å²) in [6.07, 6.45) is 1.36. The summed E-state index contributed by atoms with van der Waals surface area (Å²) in [4.78, 5) is 0. The second-order valence-corrected chi connectivity index (χ2v) is 3.37. The highest BCUT2D eigenvalue weighted by molar-refractivity contribution is 14.1. The Kier molecular flexibility index (Phi) is 2.87. The Morgan fingerprint density at radius 3 is 2.82 bits per heavy atom. The number of benzene rings is 1. The number of hydrogen-bond donors (Lipinski definition) is 2. The maximum absolute atomic E-state index is 7.12. The van der Waals surface area contributed by atoms with Gasteiger partial charge in [0.05, 0.1) is 0 Å². The molecule has 0 saturated carbocycles. The van der Waals surface area contributed by atoms with Crippen LogP contribution in [0, 0.1) is 8.98 Å². The van der Waals surface area contributed by atoms with Crippen LogP contribution in [0.4, 0.5) is 5.69 Å². The third-order valence-corrected chi connectivity index (χ3v) is 2.11. The molecule has 0 amide bonds. The van der Waals surface area contributed by atoms with Crippen molar-refractivity contribution in [2.24, 2.45) is 0 Å². The molecule has 2 N–H and O–H groups in total. The molecule has 0 spiro atoms. The summed E-state index contributed by atoms with van der Waals surface area (Å²) in [6, 6.07) is 5.96. The second-order valence-electron chi connectivity index (χ2n) is 2.13. The topological polar surface area (TPSA) is 35.9 Å². The zero-order valence-corrected chi connectivity index (χ0v) is 8.34. The van der Waals surface area contributed by atoms with Crippen molar-refractivity contribution in [1.29, 1.82) is 5.41 Å².